The summed E-state index contributed by atoms with van der Waals surface area (Å²) in [4.78, 5) is 12.6. The lowest BCUT2D eigenvalue weighted by Gasteiger charge is -2.30. The minimum absolute atomic E-state index is 0.113. The molecule has 0 saturated carbocycles. The third-order valence-corrected chi connectivity index (χ3v) is 8.05. The highest BCUT2D eigenvalue weighted by Gasteiger charge is 2.31. The van der Waals surface area contributed by atoms with E-state index in [1.54, 1.807) is 18.2 Å². The second-order valence-corrected chi connectivity index (χ2v) is 10.8. The van der Waals surface area contributed by atoms with Gasteiger partial charge in [-0.3, -0.25) is 4.79 Å². The highest BCUT2D eigenvalue weighted by atomic mass is 32.2. The van der Waals surface area contributed by atoms with Crippen LogP contribution in [0.3, 0.4) is 0 Å². The van der Waals surface area contributed by atoms with Gasteiger partial charge >= 0.3 is 0 Å². The van der Waals surface area contributed by atoms with Gasteiger partial charge in [-0.05, 0) is 54.3 Å². The third kappa shape index (κ3) is 6.89. The predicted octanol–water partition coefficient (Wildman–Crippen LogP) is 4.40. The highest BCUT2D eigenvalue weighted by molar-refractivity contribution is 7.88. The van der Waals surface area contributed by atoms with E-state index in [9.17, 15) is 22.0 Å². The lowest BCUT2D eigenvalue weighted by molar-refractivity contribution is -0.126. The van der Waals surface area contributed by atoms with Gasteiger partial charge in [-0.15, -0.1) is 0 Å². The molecule has 1 heterocycles. The van der Waals surface area contributed by atoms with E-state index in [0.717, 1.165) is 11.1 Å². The van der Waals surface area contributed by atoms with E-state index in [1.165, 1.54) is 34.6 Å². The van der Waals surface area contributed by atoms with Crippen molar-refractivity contribution in [2.24, 2.45) is 5.92 Å². The fourth-order valence-corrected chi connectivity index (χ4v) is 5.66. The van der Waals surface area contributed by atoms with E-state index < -0.39 is 15.8 Å². The molecule has 9 heteroatoms. The zero-order valence-electron chi connectivity index (χ0n) is 19.7. The van der Waals surface area contributed by atoms with Crippen molar-refractivity contribution in [3.8, 4) is 5.75 Å². The Balaban J connectivity index is 1.21. The number of hydrogen-bond acceptors (Lipinski definition) is 4. The van der Waals surface area contributed by atoms with Gasteiger partial charge in [0.25, 0.3) is 0 Å². The maximum absolute atomic E-state index is 13.9. The molecule has 0 unspecified atom stereocenters. The molecule has 36 heavy (non-hydrogen) atoms. The van der Waals surface area contributed by atoms with Crippen molar-refractivity contribution in [1.82, 2.24) is 9.62 Å². The van der Waals surface area contributed by atoms with E-state index in [4.69, 9.17) is 4.74 Å². The van der Waals surface area contributed by atoms with Gasteiger partial charge in [0.05, 0.1) is 5.75 Å². The molecule has 0 bridgehead atoms. The standard InChI is InChI=1S/C27H28F2N2O4S/c28-24-9-5-21(6-10-24)18-35-25-11-7-20(8-12-25)17-30-27(32)22-13-15-31(16-14-22)36(33,34)19-23-3-1-2-4-26(23)29/h1-12,22H,13-19H2,(H,30,32). The number of nitrogens with one attached hydrogen (secondary N) is 1. The number of halogens is 2. The number of carbonyl (C=O) groups excluding carboxylic acids is 1. The van der Waals surface area contributed by atoms with E-state index in [-0.39, 0.29) is 42.0 Å². The normalized spacial score (nSPS) is 14.9. The smallest absolute Gasteiger partial charge is 0.223 e. The van der Waals surface area contributed by atoms with Gasteiger partial charge in [0.1, 0.15) is 24.0 Å². The molecule has 190 valence electrons. The largest absolute Gasteiger partial charge is 0.489 e. The number of sulfonamides is 1. The molecule has 1 fully saturated rings. The Labute approximate surface area is 210 Å². The van der Waals surface area contributed by atoms with Crippen molar-refractivity contribution >= 4 is 15.9 Å². The van der Waals surface area contributed by atoms with Crippen LogP contribution in [0.2, 0.25) is 0 Å². The van der Waals surface area contributed by atoms with Gasteiger partial charge in [0.2, 0.25) is 15.9 Å². The van der Waals surface area contributed by atoms with Gasteiger partial charge in [0, 0.05) is 31.1 Å². The lowest BCUT2D eigenvalue weighted by Crippen LogP contribution is -2.43. The Morgan fingerprint density at radius 2 is 1.56 bits per heavy atom. The molecule has 1 aliphatic rings. The summed E-state index contributed by atoms with van der Waals surface area (Å²) in [6.45, 7) is 1.14. The van der Waals surface area contributed by atoms with Crippen LogP contribution in [-0.2, 0) is 33.7 Å². The minimum atomic E-state index is -3.66. The average molecular weight is 515 g/mol. The van der Waals surface area contributed by atoms with Gasteiger partial charge in [-0.25, -0.2) is 21.5 Å². The summed E-state index contributed by atoms with van der Waals surface area (Å²) in [6.07, 6.45) is 0.830. The second kappa shape index (κ2) is 11.6. The zero-order chi connectivity index (χ0) is 25.5. The number of benzene rings is 3. The van der Waals surface area contributed by atoms with Gasteiger partial charge in [0.15, 0.2) is 0 Å². The molecule has 4 rings (SSSR count). The second-order valence-electron chi connectivity index (χ2n) is 8.80. The summed E-state index contributed by atoms with van der Waals surface area (Å²) in [5.41, 5.74) is 1.91. The third-order valence-electron chi connectivity index (χ3n) is 6.22. The van der Waals surface area contributed by atoms with Gasteiger partial charge in [-0.2, -0.15) is 0 Å². The molecule has 3 aromatic carbocycles. The molecule has 1 N–H and O–H groups in total. The van der Waals surface area contributed by atoms with Crippen LogP contribution in [0, 0.1) is 17.6 Å². The monoisotopic (exact) mass is 514 g/mol. The topological polar surface area (TPSA) is 75.7 Å². The molecule has 6 nitrogen and oxygen atoms in total. The van der Waals surface area contributed by atoms with Crippen LogP contribution < -0.4 is 10.1 Å². The van der Waals surface area contributed by atoms with Crippen molar-refractivity contribution in [3.05, 3.63) is 101 Å². The molecule has 1 saturated heterocycles. The molecular formula is C27H28F2N2O4S. The maximum Gasteiger partial charge on any atom is 0.223 e. The number of rotatable bonds is 9. The Morgan fingerprint density at radius 1 is 0.917 bits per heavy atom. The van der Waals surface area contributed by atoms with Crippen LogP contribution in [0.25, 0.3) is 0 Å². The molecule has 3 aromatic rings. The summed E-state index contributed by atoms with van der Waals surface area (Å²) < 4.78 is 59.3. The van der Waals surface area contributed by atoms with Gasteiger partial charge in [-0.1, -0.05) is 42.5 Å². The molecule has 0 atom stereocenters. The van der Waals surface area contributed by atoms with Crippen molar-refractivity contribution in [2.45, 2.75) is 31.7 Å². The van der Waals surface area contributed by atoms with Crippen molar-refractivity contribution in [3.63, 3.8) is 0 Å². The van der Waals surface area contributed by atoms with Crippen LogP contribution in [0.5, 0.6) is 5.75 Å². The van der Waals surface area contributed by atoms with E-state index in [0.29, 0.717) is 31.7 Å². The first kappa shape index (κ1) is 25.8. The first-order valence-electron chi connectivity index (χ1n) is 11.8. The molecule has 1 aliphatic heterocycles. The van der Waals surface area contributed by atoms with Crippen LogP contribution in [0.4, 0.5) is 8.78 Å². The fourth-order valence-electron chi connectivity index (χ4n) is 4.08. The fraction of sp³-hybridized carbons (Fsp3) is 0.296. The molecule has 0 spiro atoms. The summed E-state index contributed by atoms with van der Waals surface area (Å²) in [7, 11) is -3.66. The van der Waals surface area contributed by atoms with Crippen molar-refractivity contribution < 1.29 is 26.7 Å². The van der Waals surface area contributed by atoms with Gasteiger partial charge < -0.3 is 10.1 Å². The Morgan fingerprint density at radius 3 is 2.22 bits per heavy atom. The van der Waals surface area contributed by atoms with Crippen LogP contribution >= 0.6 is 0 Å². The quantitative estimate of drug-likeness (QED) is 0.459. The van der Waals surface area contributed by atoms with Crippen LogP contribution in [0.15, 0.2) is 72.8 Å². The summed E-state index contributed by atoms with van der Waals surface area (Å²) >= 11 is 0. The number of piperidine rings is 1. The number of carbonyl (C=O) groups is 1. The van der Waals surface area contributed by atoms with E-state index in [1.807, 2.05) is 24.3 Å². The van der Waals surface area contributed by atoms with Crippen LogP contribution in [0.1, 0.15) is 29.5 Å². The van der Waals surface area contributed by atoms with Crippen LogP contribution in [-0.4, -0.2) is 31.7 Å². The average Bonchev–Trinajstić information content (AvgIpc) is 2.89. The van der Waals surface area contributed by atoms with Crippen molar-refractivity contribution in [2.75, 3.05) is 13.1 Å². The summed E-state index contributed by atoms with van der Waals surface area (Å²) in [5.74, 6) is -0.942. The van der Waals surface area contributed by atoms with Crippen molar-refractivity contribution in [1.29, 1.82) is 0 Å². The number of amides is 1. The summed E-state index contributed by atoms with van der Waals surface area (Å²) in [5, 5.41) is 2.92. The molecular weight excluding hydrogens is 486 g/mol. The minimum Gasteiger partial charge on any atom is -0.489 e. The number of hydrogen-bond donors (Lipinski definition) is 1. The summed E-state index contributed by atoms with van der Waals surface area (Å²) in [6, 6.07) is 19.3. The molecule has 0 aliphatic carbocycles. The number of ether oxygens (including phenoxy) is 1. The predicted molar refractivity (Wildman–Crippen MR) is 132 cm³/mol. The Hall–Kier alpha value is -3.30. The molecule has 0 radical (unpaired) electrons. The van der Waals surface area contributed by atoms with E-state index in [2.05, 4.69) is 5.32 Å². The van der Waals surface area contributed by atoms with E-state index >= 15 is 0 Å². The molecule has 1 amide bonds. The number of nitrogens with zero attached hydrogens (tertiary/aromatic N) is 1. The Bertz CT molecular complexity index is 1270. The molecule has 0 aromatic heterocycles. The highest BCUT2D eigenvalue weighted by Crippen LogP contribution is 2.23. The lowest BCUT2D eigenvalue weighted by atomic mass is 9.97. The maximum atomic E-state index is 13.9. The first-order chi connectivity index (χ1) is 17.3. The zero-order valence-corrected chi connectivity index (χ0v) is 20.5. The first-order valence-corrected chi connectivity index (χ1v) is 13.4. The SMILES string of the molecule is O=C(NCc1ccc(OCc2ccc(F)cc2)cc1)C1CCN(S(=O)(=O)Cc2ccccc2F)CC1. The Kier molecular flexibility index (Phi) is 8.32.